The average molecular weight is 343 g/mol. The number of amides is 1. The molecule has 6 heteroatoms. The standard InChI is InChI=1S/C19H21NO5/c1-4-25-17(21)12-13-8-10-14(11-9-13)20-19(22)18-15(23-2)6-5-7-16(18)24-3/h5-11H,4,12H2,1-3H3,(H,20,22). The summed E-state index contributed by atoms with van der Waals surface area (Å²) in [5.74, 6) is 0.233. The Hall–Kier alpha value is -3.02. The lowest BCUT2D eigenvalue weighted by molar-refractivity contribution is -0.142. The Balaban J connectivity index is 2.12. The number of esters is 1. The van der Waals surface area contributed by atoms with Crippen LogP contribution in [-0.2, 0) is 16.0 Å². The molecule has 0 heterocycles. The van der Waals surface area contributed by atoms with E-state index in [1.807, 2.05) is 0 Å². The van der Waals surface area contributed by atoms with Crippen LogP contribution in [0.5, 0.6) is 11.5 Å². The third-order valence-corrected chi connectivity index (χ3v) is 3.52. The van der Waals surface area contributed by atoms with Crippen molar-refractivity contribution in [3.05, 3.63) is 53.6 Å². The summed E-state index contributed by atoms with van der Waals surface area (Å²) in [6, 6.07) is 12.1. The molecule has 132 valence electrons. The summed E-state index contributed by atoms with van der Waals surface area (Å²) in [5, 5.41) is 2.80. The Bertz CT molecular complexity index is 718. The van der Waals surface area contributed by atoms with Crippen molar-refractivity contribution < 1.29 is 23.8 Å². The molecule has 0 bridgehead atoms. The van der Waals surface area contributed by atoms with Crippen LogP contribution in [0.15, 0.2) is 42.5 Å². The molecule has 0 saturated heterocycles. The fourth-order valence-electron chi connectivity index (χ4n) is 2.35. The summed E-state index contributed by atoms with van der Waals surface area (Å²) in [6.07, 6.45) is 0.197. The van der Waals surface area contributed by atoms with Gasteiger partial charge in [0.1, 0.15) is 17.1 Å². The third-order valence-electron chi connectivity index (χ3n) is 3.52. The molecular weight excluding hydrogens is 322 g/mol. The first-order valence-electron chi connectivity index (χ1n) is 7.86. The summed E-state index contributed by atoms with van der Waals surface area (Å²) in [7, 11) is 2.99. The Kier molecular flexibility index (Phi) is 6.39. The van der Waals surface area contributed by atoms with Crippen molar-refractivity contribution in [2.24, 2.45) is 0 Å². The quantitative estimate of drug-likeness (QED) is 0.782. The van der Waals surface area contributed by atoms with Crippen LogP contribution in [0, 0.1) is 0 Å². The van der Waals surface area contributed by atoms with Gasteiger partial charge >= 0.3 is 5.97 Å². The van der Waals surface area contributed by atoms with Crippen molar-refractivity contribution in [3.8, 4) is 11.5 Å². The smallest absolute Gasteiger partial charge is 0.310 e. The van der Waals surface area contributed by atoms with Gasteiger partial charge in [-0.15, -0.1) is 0 Å². The molecule has 0 unspecified atom stereocenters. The van der Waals surface area contributed by atoms with Crippen LogP contribution in [0.2, 0.25) is 0 Å². The first kappa shape index (κ1) is 18.3. The fourth-order valence-corrected chi connectivity index (χ4v) is 2.35. The van der Waals surface area contributed by atoms with Gasteiger partial charge in [-0.2, -0.15) is 0 Å². The van der Waals surface area contributed by atoms with E-state index in [0.717, 1.165) is 5.56 Å². The zero-order valence-electron chi connectivity index (χ0n) is 14.5. The number of benzene rings is 2. The van der Waals surface area contributed by atoms with E-state index in [4.69, 9.17) is 14.2 Å². The molecule has 2 aromatic rings. The monoisotopic (exact) mass is 343 g/mol. The maximum Gasteiger partial charge on any atom is 0.310 e. The van der Waals surface area contributed by atoms with Crippen LogP contribution in [0.25, 0.3) is 0 Å². The zero-order valence-corrected chi connectivity index (χ0v) is 14.5. The minimum atomic E-state index is -0.340. The number of ether oxygens (including phenoxy) is 3. The summed E-state index contributed by atoms with van der Waals surface area (Å²) >= 11 is 0. The molecule has 25 heavy (non-hydrogen) atoms. The molecule has 2 rings (SSSR count). The second-order valence-corrected chi connectivity index (χ2v) is 5.17. The Morgan fingerprint density at radius 1 is 0.960 bits per heavy atom. The maximum atomic E-state index is 12.6. The van der Waals surface area contributed by atoms with Crippen LogP contribution in [0.1, 0.15) is 22.8 Å². The van der Waals surface area contributed by atoms with Crippen molar-refractivity contribution in [1.29, 1.82) is 0 Å². The lowest BCUT2D eigenvalue weighted by Crippen LogP contribution is -2.14. The summed E-state index contributed by atoms with van der Waals surface area (Å²) < 4.78 is 15.4. The van der Waals surface area contributed by atoms with Crippen molar-refractivity contribution in [2.45, 2.75) is 13.3 Å². The van der Waals surface area contributed by atoms with Gasteiger partial charge in [-0.1, -0.05) is 18.2 Å². The molecular formula is C19H21NO5. The molecule has 0 aromatic heterocycles. The molecule has 0 fully saturated rings. The van der Waals surface area contributed by atoms with Gasteiger partial charge in [0.05, 0.1) is 27.2 Å². The third kappa shape index (κ3) is 4.73. The molecule has 0 atom stereocenters. The van der Waals surface area contributed by atoms with Crippen LogP contribution >= 0.6 is 0 Å². The van der Waals surface area contributed by atoms with E-state index < -0.39 is 0 Å². The van der Waals surface area contributed by atoms with Gasteiger partial charge < -0.3 is 19.5 Å². The summed E-state index contributed by atoms with van der Waals surface area (Å²) in [6.45, 7) is 2.12. The number of anilines is 1. The molecule has 0 aliphatic rings. The first-order chi connectivity index (χ1) is 12.1. The second-order valence-electron chi connectivity index (χ2n) is 5.17. The number of hydrogen-bond donors (Lipinski definition) is 1. The predicted molar refractivity (Wildman–Crippen MR) is 94.3 cm³/mol. The van der Waals surface area contributed by atoms with Crippen LogP contribution in [-0.4, -0.2) is 32.7 Å². The van der Waals surface area contributed by atoms with E-state index in [2.05, 4.69) is 5.32 Å². The minimum absolute atomic E-state index is 0.197. The Morgan fingerprint density at radius 2 is 1.56 bits per heavy atom. The number of nitrogens with one attached hydrogen (secondary N) is 1. The maximum absolute atomic E-state index is 12.6. The van der Waals surface area contributed by atoms with Crippen molar-refractivity contribution >= 4 is 17.6 Å². The fraction of sp³-hybridized carbons (Fsp3) is 0.263. The second kappa shape index (κ2) is 8.73. The molecule has 0 saturated carbocycles. The van der Waals surface area contributed by atoms with Crippen LogP contribution in [0.3, 0.4) is 0 Å². The van der Waals surface area contributed by atoms with Crippen molar-refractivity contribution in [1.82, 2.24) is 0 Å². The van der Waals surface area contributed by atoms with Crippen molar-refractivity contribution in [2.75, 3.05) is 26.1 Å². The van der Waals surface area contributed by atoms with Gasteiger partial charge in [0.15, 0.2) is 0 Å². The highest BCUT2D eigenvalue weighted by molar-refractivity contribution is 6.08. The number of carbonyl (C=O) groups is 2. The van der Waals surface area contributed by atoms with Crippen LogP contribution < -0.4 is 14.8 Å². The van der Waals surface area contributed by atoms with Gasteiger partial charge in [-0.25, -0.2) is 0 Å². The van der Waals surface area contributed by atoms with E-state index in [1.165, 1.54) is 14.2 Å². The molecule has 1 N–H and O–H groups in total. The average Bonchev–Trinajstić information content (AvgIpc) is 2.62. The molecule has 2 aromatic carbocycles. The summed E-state index contributed by atoms with van der Waals surface area (Å²) in [4.78, 5) is 24.1. The lowest BCUT2D eigenvalue weighted by atomic mass is 10.1. The van der Waals surface area contributed by atoms with Gasteiger partial charge in [-0.05, 0) is 36.8 Å². The topological polar surface area (TPSA) is 73.9 Å². The SMILES string of the molecule is CCOC(=O)Cc1ccc(NC(=O)c2c(OC)cccc2OC)cc1. The minimum Gasteiger partial charge on any atom is -0.496 e. The highest BCUT2D eigenvalue weighted by Gasteiger charge is 2.18. The molecule has 0 radical (unpaired) electrons. The number of carbonyl (C=O) groups excluding carboxylic acids is 2. The number of methoxy groups -OCH3 is 2. The van der Waals surface area contributed by atoms with Crippen molar-refractivity contribution in [3.63, 3.8) is 0 Å². The van der Waals surface area contributed by atoms with Gasteiger partial charge in [-0.3, -0.25) is 9.59 Å². The van der Waals surface area contributed by atoms with Gasteiger partial charge in [0.25, 0.3) is 5.91 Å². The van der Waals surface area contributed by atoms with Crippen LogP contribution in [0.4, 0.5) is 5.69 Å². The van der Waals surface area contributed by atoms with Gasteiger partial charge in [0.2, 0.25) is 0 Å². The highest BCUT2D eigenvalue weighted by atomic mass is 16.5. The molecule has 1 amide bonds. The number of hydrogen-bond acceptors (Lipinski definition) is 5. The molecule has 0 spiro atoms. The number of rotatable bonds is 7. The lowest BCUT2D eigenvalue weighted by Gasteiger charge is -2.13. The highest BCUT2D eigenvalue weighted by Crippen LogP contribution is 2.29. The van der Waals surface area contributed by atoms with E-state index in [0.29, 0.717) is 29.4 Å². The predicted octanol–water partition coefficient (Wildman–Crippen LogP) is 3.06. The Labute approximate surface area is 146 Å². The molecule has 0 aliphatic carbocycles. The molecule has 6 nitrogen and oxygen atoms in total. The largest absolute Gasteiger partial charge is 0.496 e. The van der Waals surface area contributed by atoms with E-state index in [-0.39, 0.29) is 18.3 Å². The van der Waals surface area contributed by atoms with E-state index in [9.17, 15) is 9.59 Å². The van der Waals surface area contributed by atoms with E-state index >= 15 is 0 Å². The normalized spacial score (nSPS) is 10.0. The zero-order chi connectivity index (χ0) is 18.2. The first-order valence-corrected chi connectivity index (χ1v) is 7.86. The summed E-state index contributed by atoms with van der Waals surface area (Å²) in [5.41, 5.74) is 1.74. The Morgan fingerprint density at radius 3 is 2.08 bits per heavy atom. The van der Waals surface area contributed by atoms with E-state index in [1.54, 1.807) is 49.4 Å². The molecule has 0 aliphatic heterocycles. The van der Waals surface area contributed by atoms with Gasteiger partial charge in [0, 0.05) is 5.69 Å².